The first-order chi connectivity index (χ1) is 13.6. The van der Waals surface area contributed by atoms with Crippen molar-refractivity contribution in [3.05, 3.63) is 59.7 Å². The number of piperidine rings is 1. The smallest absolute Gasteiger partial charge is 0.118 e. The zero-order valence-corrected chi connectivity index (χ0v) is 16.8. The Kier molecular flexibility index (Phi) is 6.94. The number of methoxy groups -OCH3 is 2. The van der Waals surface area contributed by atoms with E-state index in [1.165, 1.54) is 0 Å². The molecule has 0 amide bonds. The molecule has 1 saturated heterocycles. The molecule has 2 N–H and O–H groups in total. The highest BCUT2D eigenvalue weighted by Gasteiger charge is 2.41. The molecule has 5 heteroatoms. The average Bonchev–Trinajstić information content (AvgIpc) is 2.77. The van der Waals surface area contributed by atoms with Crippen LogP contribution < -0.4 is 9.47 Å². The molecule has 28 heavy (non-hydrogen) atoms. The van der Waals surface area contributed by atoms with Crippen molar-refractivity contribution in [2.24, 2.45) is 5.92 Å². The fourth-order valence-electron chi connectivity index (χ4n) is 4.20. The number of aliphatic hydroxyl groups excluding tert-OH is 1. The summed E-state index contributed by atoms with van der Waals surface area (Å²) in [5.41, 5.74) is 0.696. The summed E-state index contributed by atoms with van der Waals surface area (Å²) >= 11 is 0. The lowest BCUT2D eigenvalue weighted by Gasteiger charge is -2.42. The number of aliphatic hydroxyl groups is 2. The summed E-state index contributed by atoms with van der Waals surface area (Å²) in [6.45, 7) is 2.99. The molecular formula is C23H31NO4. The van der Waals surface area contributed by atoms with Crippen LogP contribution in [0.25, 0.3) is 0 Å². The highest BCUT2D eigenvalue weighted by atomic mass is 16.5. The zero-order valence-electron chi connectivity index (χ0n) is 16.8. The van der Waals surface area contributed by atoms with E-state index >= 15 is 0 Å². The molecule has 1 fully saturated rings. The summed E-state index contributed by atoms with van der Waals surface area (Å²) in [5, 5.41) is 21.1. The van der Waals surface area contributed by atoms with Crippen LogP contribution in [-0.4, -0.2) is 55.6 Å². The Labute approximate surface area is 167 Å². The van der Waals surface area contributed by atoms with E-state index in [1.54, 1.807) is 14.2 Å². The van der Waals surface area contributed by atoms with Crippen LogP contribution in [0, 0.1) is 5.92 Å². The summed E-state index contributed by atoms with van der Waals surface area (Å²) in [4.78, 5) is 2.37. The molecule has 5 nitrogen and oxygen atoms in total. The Morgan fingerprint density at radius 2 is 1.36 bits per heavy atom. The van der Waals surface area contributed by atoms with Crippen LogP contribution in [0.15, 0.2) is 48.5 Å². The van der Waals surface area contributed by atoms with E-state index in [0.717, 1.165) is 61.5 Å². The van der Waals surface area contributed by atoms with Crippen molar-refractivity contribution in [1.82, 2.24) is 4.90 Å². The molecule has 0 aromatic heterocycles. The van der Waals surface area contributed by atoms with Gasteiger partial charge < -0.3 is 24.6 Å². The van der Waals surface area contributed by atoms with Crippen LogP contribution in [0.5, 0.6) is 11.5 Å². The largest absolute Gasteiger partial charge is 0.497 e. The minimum absolute atomic E-state index is 0.111. The molecule has 3 rings (SSSR count). The second-order valence-electron chi connectivity index (χ2n) is 7.42. The van der Waals surface area contributed by atoms with Gasteiger partial charge in [-0.15, -0.1) is 0 Å². The van der Waals surface area contributed by atoms with Crippen molar-refractivity contribution in [2.45, 2.75) is 24.9 Å². The quantitative estimate of drug-likeness (QED) is 0.731. The number of likely N-dealkylation sites (tertiary alicyclic amines) is 1. The fourth-order valence-corrected chi connectivity index (χ4v) is 4.20. The summed E-state index contributed by atoms with van der Waals surface area (Å²) < 4.78 is 10.6. The lowest BCUT2D eigenvalue weighted by molar-refractivity contribution is -0.0147. The predicted molar refractivity (Wildman–Crippen MR) is 110 cm³/mol. The number of benzene rings is 2. The van der Waals surface area contributed by atoms with Gasteiger partial charge in [0.1, 0.15) is 17.1 Å². The summed E-state index contributed by atoms with van der Waals surface area (Å²) in [6.07, 6.45) is 2.60. The zero-order chi connectivity index (χ0) is 20.0. The number of rotatable bonds is 8. The Morgan fingerprint density at radius 3 is 1.75 bits per heavy atom. The maximum Gasteiger partial charge on any atom is 0.118 e. The average molecular weight is 386 g/mol. The standard InChI is InChI=1S/C23H31NO4/c1-27-21-8-4-18(5-9-21)23(26,19-6-10-22(28-2)11-7-19)20-12-15-24(16-13-20)14-3-17-25/h4-11,20,25-26H,3,12-17H2,1-2H3. The van der Waals surface area contributed by atoms with Gasteiger partial charge in [-0.3, -0.25) is 0 Å². The van der Waals surface area contributed by atoms with Gasteiger partial charge in [-0.1, -0.05) is 24.3 Å². The highest BCUT2D eigenvalue weighted by Crippen LogP contribution is 2.42. The Balaban J connectivity index is 1.90. The summed E-state index contributed by atoms with van der Waals surface area (Å²) in [7, 11) is 3.29. The molecule has 1 aliphatic heterocycles. The van der Waals surface area contributed by atoms with Crippen molar-refractivity contribution in [3.63, 3.8) is 0 Å². The highest BCUT2D eigenvalue weighted by molar-refractivity contribution is 5.41. The molecule has 0 bridgehead atoms. The van der Waals surface area contributed by atoms with E-state index < -0.39 is 5.60 Å². The lowest BCUT2D eigenvalue weighted by Crippen LogP contribution is -2.44. The van der Waals surface area contributed by atoms with Crippen LogP contribution in [0.4, 0.5) is 0 Å². The third-order valence-corrected chi connectivity index (χ3v) is 5.87. The van der Waals surface area contributed by atoms with E-state index in [1.807, 2.05) is 48.5 Å². The van der Waals surface area contributed by atoms with Crippen molar-refractivity contribution in [3.8, 4) is 11.5 Å². The van der Waals surface area contributed by atoms with Gasteiger partial charge in [0.2, 0.25) is 0 Å². The molecule has 0 atom stereocenters. The lowest BCUT2D eigenvalue weighted by atomic mass is 9.72. The van der Waals surface area contributed by atoms with Gasteiger partial charge in [0.05, 0.1) is 14.2 Å². The molecule has 0 radical (unpaired) electrons. The minimum atomic E-state index is -1.07. The molecule has 152 valence electrons. The van der Waals surface area contributed by atoms with Crippen LogP contribution in [0.3, 0.4) is 0 Å². The molecule has 0 saturated carbocycles. The van der Waals surface area contributed by atoms with Gasteiger partial charge in [0.25, 0.3) is 0 Å². The first-order valence-electron chi connectivity index (χ1n) is 9.96. The Morgan fingerprint density at radius 1 is 0.893 bits per heavy atom. The maximum atomic E-state index is 12.0. The van der Waals surface area contributed by atoms with E-state index in [-0.39, 0.29) is 12.5 Å². The van der Waals surface area contributed by atoms with Crippen molar-refractivity contribution in [1.29, 1.82) is 0 Å². The van der Waals surface area contributed by atoms with Gasteiger partial charge in [0, 0.05) is 13.2 Å². The predicted octanol–water partition coefficient (Wildman–Crippen LogP) is 3.03. The fraction of sp³-hybridized carbons (Fsp3) is 0.478. The molecule has 0 spiro atoms. The number of hydrogen-bond acceptors (Lipinski definition) is 5. The molecular weight excluding hydrogens is 354 g/mol. The SMILES string of the molecule is COc1ccc(C(O)(c2ccc(OC)cc2)C2CCN(CCCO)CC2)cc1. The first-order valence-corrected chi connectivity index (χ1v) is 9.96. The van der Waals surface area contributed by atoms with E-state index in [9.17, 15) is 5.11 Å². The minimum Gasteiger partial charge on any atom is -0.497 e. The van der Waals surface area contributed by atoms with Crippen LogP contribution in [0.2, 0.25) is 0 Å². The number of hydrogen-bond donors (Lipinski definition) is 2. The van der Waals surface area contributed by atoms with Gasteiger partial charge in [-0.05, 0) is 73.7 Å². The van der Waals surface area contributed by atoms with Gasteiger partial charge in [-0.2, -0.15) is 0 Å². The van der Waals surface area contributed by atoms with Crippen molar-refractivity contribution >= 4 is 0 Å². The first kappa shape index (κ1) is 20.6. The monoisotopic (exact) mass is 385 g/mol. The van der Waals surface area contributed by atoms with E-state index in [2.05, 4.69) is 4.90 Å². The molecule has 1 heterocycles. The van der Waals surface area contributed by atoms with Crippen LogP contribution >= 0.6 is 0 Å². The molecule has 1 aliphatic rings. The second kappa shape index (κ2) is 9.41. The molecule has 0 aliphatic carbocycles. The number of ether oxygens (including phenoxy) is 2. The topological polar surface area (TPSA) is 62.2 Å². The summed E-state index contributed by atoms with van der Waals surface area (Å²) in [5.74, 6) is 1.67. The van der Waals surface area contributed by atoms with E-state index in [0.29, 0.717) is 0 Å². The third kappa shape index (κ3) is 4.32. The van der Waals surface area contributed by atoms with Crippen molar-refractivity contribution in [2.75, 3.05) is 40.5 Å². The number of nitrogens with zero attached hydrogens (tertiary/aromatic N) is 1. The summed E-state index contributed by atoms with van der Waals surface area (Å²) in [6, 6.07) is 15.5. The molecule has 2 aromatic carbocycles. The Hall–Kier alpha value is -2.08. The second-order valence-corrected chi connectivity index (χ2v) is 7.42. The molecule has 2 aromatic rings. The van der Waals surface area contributed by atoms with Gasteiger partial charge in [0.15, 0.2) is 0 Å². The third-order valence-electron chi connectivity index (χ3n) is 5.87. The van der Waals surface area contributed by atoms with Gasteiger partial charge in [-0.25, -0.2) is 0 Å². The molecule has 0 unspecified atom stereocenters. The normalized spacial score (nSPS) is 16.1. The maximum absolute atomic E-state index is 12.0. The van der Waals surface area contributed by atoms with E-state index in [4.69, 9.17) is 14.6 Å². The van der Waals surface area contributed by atoms with Crippen molar-refractivity contribution < 1.29 is 19.7 Å². The van der Waals surface area contributed by atoms with Crippen LogP contribution in [-0.2, 0) is 5.60 Å². The van der Waals surface area contributed by atoms with Gasteiger partial charge >= 0.3 is 0 Å². The Bertz CT molecular complexity index is 674. The van der Waals surface area contributed by atoms with Crippen LogP contribution in [0.1, 0.15) is 30.4 Å².